The molecule has 1 heterocycles. The summed E-state index contributed by atoms with van der Waals surface area (Å²) in [6.45, 7) is 1.60. The maximum Gasteiger partial charge on any atom is 0.335 e. The number of amides is 1. The number of carbonyl (C=O) groups excluding carboxylic acids is 2. The van der Waals surface area contributed by atoms with Crippen LogP contribution in [0.4, 0.5) is 5.69 Å². The van der Waals surface area contributed by atoms with Gasteiger partial charge in [-0.1, -0.05) is 52.7 Å². The lowest BCUT2D eigenvalue weighted by atomic mass is 9.90. The fraction of sp³-hybridized carbons (Fsp3) is 0.296. The molecule has 1 aliphatic rings. The zero-order chi connectivity index (χ0) is 26.2. The highest BCUT2D eigenvalue weighted by molar-refractivity contribution is 6.37. The van der Waals surface area contributed by atoms with Crippen molar-refractivity contribution in [2.75, 3.05) is 11.5 Å². The molecule has 36 heavy (non-hydrogen) atoms. The second-order valence-electron chi connectivity index (χ2n) is 7.99. The summed E-state index contributed by atoms with van der Waals surface area (Å²) in [6, 6.07) is 6.40. The van der Waals surface area contributed by atoms with Crippen LogP contribution in [-0.2, 0) is 20.9 Å². The van der Waals surface area contributed by atoms with Gasteiger partial charge in [0.15, 0.2) is 12.7 Å². The van der Waals surface area contributed by atoms with Gasteiger partial charge in [-0.05, 0) is 50.3 Å². The first-order valence-electron chi connectivity index (χ1n) is 11.1. The first-order valence-corrected chi connectivity index (χ1v) is 12.2. The van der Waals surface area contributed by atoms with Crippen molar-refractivity contribution in [2.24, 2.45) is 0 Å². The Labute approximate surface area is 225 Å². The van der Waals surface area contributed by atoms with Crippen LogP contribution in [0.3, 0.4) is 0 Å². The quantitative estimate of drug-likeness (QED) is 0.230. The molecular weight excluding hydrogens is 523 g/mol. The number of ether oxygens (including phenoxy) is 2. The number of carbonyl (C=O) groups is 2. The van der Waals surface area contributed by atoms with Crippen molar-refractivity contribution in [1.82, 2.24) is 4.98 Å². The van der Waals surface area contributed by atoms with E-state index in [0.717, 1.165) is 12.8 Å². The van der Waals surface area contributed by atoms with Gasteiger partial charge in [-0.2, -0.15) is 0 Å². The third-order valence-corrected chi connectivity index (χ3v) is 6.29. The number of terminal acetylenes is 2. The standard InChI is InChI=1S/C27H23Cl3N2O4/c1-4-12-35-27(34)20-9-7-6-8-19(20)26(33)32(16-18-10-11-25(30)31-15-18)23-14-24(36-17(3)5-2)22(29)13-21(23)28/h1-2,10-11,13-15,17H,6-9,12,16H2,3H3. The Kier molecular flexibility index (Phi) is 9.67. The Balaban J connectivity index is 2.11. The van der Waals surface area contributed by atoms with Gasteiger partial charge in [0.25, 0.3) is 5.91 Å². The second-order valence-corrected chi connectivity index (χ2v) is 9.19. The minimum absolute atomic E-state index is 0.0880. The summed E-state index contributed by atoms with van der Waals surface area (Å²) >= 11 is 18.8. The van der Waals surface area contributed by atoms with Crippen molar-refractivity contribution >= 4 is 52.4 Å². The Hall–Kier alpha value is -3.16. The van der Waals surface area contributed by atoms with Gasteiger partial charge in [-0.3, -0.25) is 4.79 Å². The Morgan fingerprint density at radius 1 is 1.11 bits per heavy atom. The van der Waals surface area contributed by atoms with E-state index in [-0.39, 0.29) is 28.9 Å². The molecule has 1 aromatic carbocycles. The van der Waals surface area contributed by atoms with Gasteiger partial charge in [0.1, 0.15) is 10.9 Å². The van der Waals surface area contributed by atoms with Crippen LogP contribution in [0, 0.1) is 24.7 Å². The van der Waals surface area contributed by atoms with Crippen molar-refractivity contribution in [2.45, 2.75) is 45.3 Å². The smallest absolute Gasteiger partial charge is 0.335 e. The maximum absolute atomic E-state index is 14.0. The molecule has 0 saturated carbocycles. The van der Waals surface area contributed by atoms with Crippen LogP contribution in [0.15, 0.2) is 41.6 Å². The highest BCUT2D eigenvalue weighted by atomic mass is 35.5. The van der Waals surface area contributed by atoms with Gasteiger partial charge in [0, 0.05) is 23.4 Å². The molecule has 6 nitrogen and oxygen atoms in total. The third kappa shape index (κ3) is 6.74. The summed E-state index contributed by atoms with van der Waals surface area (Å²) in [6.07, 6.45) is 14.0. The molecule has 1 aromatic heterocycles. The van der Waals surface area contributed by atoms with Gasteiger partial charge >= 0.3 is 5.97 Å². The highest BCUT2D eigenvalue weighted by Gasteiger charge is 2.30. The number of aromatic nitrogens is 1. The van der Waals surface area contributed by atoms with E-state index >= 15 is 0 Å². The van der Waals surface area contributed by atoms with E-state index in [0.29, 0.717) is 40.4 Å². The SMILES string of the molecule is C#CCOC(=O)C1=C(C(=O)N(Cc2ccc(Cl)nc2)c2cc(OC(C)C#C)c(Cl)cc2Cl)CCCC1. The van der Waals surface area contributed by atoms with Crippen molar-refractivity contribution in [1.29, 1.82) is 0 Å². The van der Waals surface area contributed by atoms with Gasteiger partial charge < -0.3 is 14.4 Å². The molecule has 0 fully saturated rings. The third-order valence-electron chi connectivity index (χ3n) is 5.46. The molecule has 186 valence electrons. The topological polar surface area (TPSA) is 68.7 Å². The number of esters is 1. The zero-order valence-corrected chi connectivity index (χ0v) is 21.8. The number of hydrogen-bond donors (Lipinski definition) is 0. The summed E-state index contributed by atoms with van der Waals surface area (Å²) in [5.74, 6) is 4.00. The van der Waals surface area contributed by atoms with Crippen LogP contribution < -0.4 is 9.64 Å². The molecule has 2 aromatic rings. The van der Waals surface area contributed by atoms with E-state index in [9.17, 15) is 9.59 Å². The fourth-order valence-electron chi connectivity index (χ4n) is 3.71. The van der Waals surface area contributed by atoms with Crippen LogP contribution in [0.5, 0.6) is 5.75 Å². The molecule has 0 bridgehead atoms. The second kappa shape index (κ2) is 12.7. The molecular formula is C27H23Cl3N2O4. The molecule has 1 atom stereocenters. The number of anilines is 1. The molecule has 3 rings (SSSR count). The Morgan fingerprint density at radius 3 is 2.47 bits per heavy atom. The Bertz CT molecular complexity index is 1260. The summed E-state index contributed by atoms with van der Waals surface area (Å²) in [4.78, 5) is 32.2. The number of benzene rings is 1. The molecule has 1 amide bonds. The largest absolute Gasteiger partial charge is 0.476 e. The number of halogens is 3. The summed E-state index contributed by atoms with van der Waals surface area (Å²) in [5, 5.41) is 0.763. The van der Waals surface area contributed by atoms with Gasteiger partial charge in [0.05, 0.1) is 22.3 Å². The Morgan fingerprint density at radius 2 is 1.83 bits per heavy atom. The lowest BCUT2D eigenvalue weighted by Crippen LogP contribution is -2.34. The molecule has 0 spiro atoms. The molecule has 0 aliphatic heterocycles. The minimum Gasteiger partial charge on any atom is -0.476 e. The van der Waals surface area contributed by atoms with Crippen LogP contribution in [-0.4, -0.2) is 29.6 Å². The van der Waals surface area contributed by atoms with Gasteiger partial charge in [0.2, 0.25) is 0 Å². The van der Waals surface area contributed by atoms with E-state index in [2.05, 4.69) is 16.8 Å². The predicted molar refractivity (Wildman–Crippen MR) is 141 cm³/mol. The van der Waals surface area contributed by atoms with Crippen LogP contribution >= 0.6 is 34.8 Å². The van der Waals surface area contributed by atoms with Crippen molar-refractivity contribution in [3.8, 4) is 30.4 Å². The monoisotopic (exact) mass is 544 g/mol. The van der Waals surface area contributed by atoms with Gasteiger partial charge in [-0.25, -0.2) is 9.78 Å². The molecule has 0 N–H and O–H groups in total. The molecule has 1 aliphatic carbocycles. The minimum atomic E-state index is -0.599. The van der Waals surface area contributed by atoms with E-state index in [1.54, 1.807) is 31.3 Å². The summed E-state index contributed by atoms with van der Waals surface area (Å²) < 4.78 is 10.9. The van der Waals surface area contributed by atoms with Crippen molar-refractivity contribution in [3.63, 3.8) is 0 Å². The number of nitrogens with zero attached hydrogens (tertiary/aromatic N) is 2. The molecule has 0 radical (unpaired) electrons. The lowest BCUT2D eigenvalue weighted by molar-refractivity contribution is -0.138. The van der Waals surface area contributed by atoms with Crippen LogP contribution in [0.25, 0.3) is 0 Å². The van der Waals surface area contributed by atoms with E-state index in [1.165, 1.54) is 11.0 Å². The van der Waals surface area contributed by atoms with Crippen molar-refractivity contribution in [3.05, 3.63) is 62.4 Å². The first kappa shape index (κ1) is 27.4. The van der Waals surface area contributed by atoms with E-state index < -0.39 is 18.0 Å². The average molecular weight is 546 g/mol. The average Bonchev–Trinajstić information content (AvgIpc) is 2.88. The number of pyridine rings is 1. The number of rotatable bonds is 8. The van der Waals surface area contributed by atoms with E-state index in [4.69, 9.17) is 57.1 Å². The fourth-order valence-corrected chi connectivity index (χ4v) is 4.35. The van der Waals surface area contributed by atoms with E-state index in [1.807, 2.05) is 0 Å². The van der Waals surface area contributed by atoms with Gasteiger partial charge in [-0.15, -0.1) is 12.8 Å². The zero-order valence-electron chi connectivity index (χ0n) is 19.5. The maximum atomic E-state index is 14.0. The lowest BCUT2D eigenvalue weighted by Gasteiger charge is -2.28. The van der Waals surface area contributed by atoms with Crippen molar-refractivity contribution < 1.29 is 19.1 Å². The van der Waals surface area contributed by atoms with Crippen LogP contribution in [0.1, 0.15) is 38.2 Å². The summed E-state index contributed by atoms with van der Waals surface area (Å²) in [5.41, 5.74) is 1.67. The highest BCUT2D eigenvalue weighted by Crippen LogP contribution is 2.39. The number of hydrogen-bond acceptors (Lipinski definition) is 5. The molecule has 0 saturated heterocycles. The molecule has 9 heteroatoms. The normalized spacial score (nSPS) is 13.8. The van der Waals surface area contributed by atoms with Crippen LogP contribution in [0.2, 0.25) is 15.2 Å². The first-order chi connectivity index (χ1) is 17.2. The molecule has 1 unspecified atom stereocenters. The summed E-state index contributed by atoms with van der Waals surface area (Å²) in [7, 11) is 0. The predicted octanol–water partition coefficient (Wildman–Crippen LogP) is 6.02.